The van der Waals surface area contributed by atoms with Gasteiger partial charge >= 0.3 is 0 Å². The fraction of sp³-hybridized carbons (Fsp3) is 0.533. The van der Waals surface area contributed by atoms with E-state index in [0.29, 0.717) is 11.7 Å². The third-order valence-electron chi connectivity index (χ3n) is 3.54. The molecule has 1 unspecified atom stereocenters. The molecule has 1 heterocycles. The first kappa shape index (κ1) is 17.7. The van der Waals surface area contributed by atoms with Gasteiger partial charge in [0.15, 0.2) is 6.61 Å². The van der Waals surface area contributed by atoms with E-state index in [1.807, 2.05) is 11.9 Å². The first-order chi connectivity index (χ1) is 9.69. The van der Waals surface area contributed by atoms with E-state index in [0.717, 1.165) is 32.5 Å². The van der Waals surface area contributed by atoms with Gasteiger partial charge in [-0.3, -0.25) is 4.79 Å². The lowest BCUT2D eigenvalue weighted by molar-refractivity contribution is -0.135. The van der Waals surface area contributed by atoms with Crippen molar-refractivity contribution in [3.8, 4) is 5.75 Å². The van der Waals surface area contributed by atoms with Crippen molar-refractivity contribution in [1.29, 1.82) is 0 Å². The van der Waals surface area contributed by atoms with Crippen molar-refractivity contribution < 1.29 is 13.9 Å². The molecule has 0 aromatic heterocycles. The van der Waals surface area contributed by atoms with Crippen molar-refractivity contribution in [2.24, 2.45) is 5.92 Å². The maximum absolute atomic E-state index is 12.8. The third kappa shape index (κ3) is 5.52. The van der Waals surface area contributed by atoms with Crippen LogP contribution in [0, 0.1) is 11.7 Å². The van der Waals surface area contributed by atoms with Gasteiger partial charge in [-0.25, -0.2) is 4.39 Å². The Morgan fingerprint density at radius 2 is 2.14 bits per heavy atom. The minimum atomic E-state index is -0.311. The summed E-state index contributed by atoms with van der Waals surface area (Å²) in [5, 5.41) is 3.16. The van der Waals surface area contributed by atoms with Gasteiger partial charge in [0, 0.05) is 13.1 Å². The van der Waals surface area contributed by atoms with E-state index in [2.05, 4.69) is 5.32 Å². The maximum atomic E-state index is 12.8. The van der Waals surface area contributed by atoms with E-state index in [9.17, 15) is 9.18 Å². The van der Waals surface area contributed by atoms with Crippen molar-refractivity contribution in [2.45, 2.75) is 12.8 Å². The summed E-state index contributed by atoms with van der Waals surface area (Å²) in [6.45, 7) is 2.53. The zero-order valence-corrected chi connectivity index (χ0v) is 13.0. The number of ether oxygens (including phenoxy) is 1. The number of hydrogen-bond acceptors (Lipinski definition) is 3. The molecule has 1 N–H and O–H groups in total. The molecular formula is C15H22ClFN2O2. The lowest BCUT2D eigenvalue weighted by atomic mass is 9.98. The van der Waals surface area contributed by atoms with Crippen molar-refractivity contribution in [1.82, 2.24) is 10.2 Å². The number of carbonyl (C=O) groups excluding carboxylic acids is 1. The predicted octanol–water partition coefficient (Wildman–Crippen LogP) is 2.08. The number of rotatable bonds is 5. The number of halogens is 2. The zero-order valence-electron chi connectivity index (χ0n) is 12.2. The highest BCUT2D eigenvalue weighted by atomic mass is 35.5. The van der Waals surface area contributed by atoms with E-state index in [4.69, 9.17) is 4.74 Å². The Labute approximate surface area is 131 Å². The van der Waals surface area contributed by atoms with E-state index in [1.54, 1.807) is 0 Å². The molecule has 0 radical (unpaired) electrons. The van der Waals surface area contributed by atoms with E-state index in [-0.39, 0.29) is 30.7 Å². The minimum absolute atomic E-state index is 0. The minimum Gasteiger partial charge on any atom is -0.484 e. The third-order valence-corrected chi connectivity index (χ3v) is 3.54. The molecule has 0 spiro atoms. The van der Waals surface area contributed by atoms with Gasteiger partial charge in [-0.2, -0.15) is 0 Å². The Morgan fingerprint density at radius 3 is 2.81 bits per heavy atom. The van der Waals surface area contributed by atoms with E-state index >= 15 is 0 Å². The molecule has 4 nitrogen and oxygen atoms in total. The highest BCUT2D eigenvalue weighted by Crippen LogP contribution is 2.16. The lowest BCUT2D eigenvalue weighted by Gasteiger charge is -2.32. The van der Waals surface area contributed by atoms with Crippen molar-refractivity contribution >= 4 is 18.3 Å². The molecule has 1 aliphatic rings. The molecule has 1 amide bonds. The first-order valence-corrected chi connectivity index (χ1v) is 7.00. The second kappa shape index (κ2) is 8.85. The van der Waals surface area contributed by atoms with Crippen LogP contribution in [0.5, 0.6) is 5.75 Å². The molecule has 1 atom stereocenters. The maximum Gasteiger partial charge on any atom is 0.260 e. The monoisotopic (exact) mass is 316 g/mol. The number of amides is 1. The topological polar surface area (TPSA) is 41.6 Å². The Balaban J connectivity index is 0.00000220. The Bertz CT molecular complexity index is 440. The van der Waals surface area contributed by atoms with Crippen LogP contribution in [0.4, 0.5) is 4.39 Å². The van der Waals surface area contributed by atoms with Gasteiger partial charge in [0.2, 0.25) is 0 Å². The Morgan fingerprint density at radius 1 is 1.43 bits per heavy atom. The number of likely N-dealkylation sites (tertiary alicyclic amines) is 1. The molecule has 0 aliphatic carbocycles. The molecular weight excluding hydrogens is 295 g/mol. The predicted molar refractivity (Wildman–Crippen MR) is 82.4 cm³/mol. The van der Waals surface area contributed by atoms with Crippen LogP contribution in [0.3, 0.4) is 0 Å². The Hall–Kier alpha value is -1.33. The molecule has 1 saturated heterocycles. The van der Waals surface area contributed by atoms with Crippen LogP contribution < -0.4 is 10.1 Å². The zero-order chi connectivity index (χ0) is 14.4. The van der Waals surface area contributed by atoms with Crippen LogP contribution in [0.2, 0.25) is 0 Å². The highest BCUT2D eigenvalue weighted by Gasteiger charge is 2.23. The van der Waals surface area contributed by atoms with Gasteiger partial charge in [0.25, 0.3) is 5.91 Å². The van der Waals surface area contributed by atoms with Gasteiger partial charge in [-0.1, -0.05) is 0 Å². The second-order valence-electron chi connectivity index (χ2n) is 5.15. The van der Waals surface area contributed by atoms with Gasteiger partial charge in [0.1, 0.15) is 11.6 Å². The molecule has 0 saturated carbocycles. The van der Waals surface area contributed by atoms with Crippen LogP contribution in [-0.2, 0) is 4.79 Å². The van der Waals surface area contributed by atoms with Crippen LogP contribution in [0.25, 0.3) is 0 Å². The van der Waals surface area contributed by atoms with Crippen LogP contribution in [-0.4, -0.2) is 44.1 Å². The van der Waals surface area contributed by atoms with Gasteiger partial charge in [-0.05, 0) is 56.6 Å². The quantitative estimate of drug-likeness (QED) is 0.904. The molecule has 1 aromatic carbocycles. The summed E-state index contributed by atoms with van der Waals surface area (Å²) < 4.78 is 18.2. The second-order valence-corrected chi connectivity index (χ2v) is 5.15. The SMILES string of the molecule is CNCC1CCCN(C(=O)COc2ccc(F)cc2)C1.Cl. The number of nitrogens with zero attached hydrogens (tertiary/aromatic N) is 1. The standard InChI is InChI=1S/C15H21FN2O2.ClH/c1-17-9-12-3-2-8-18(10-12)15(19)11-20-14-6-4-13(16)5-7-14;/h4-7,12,17H,2-3,8-11H2,1H3;1H. The van der Waals surface area contributed by atoms with Crippen molar-refractivity contribution in [2.75, 3.05) is 33.3 Å². The number of hydrogen-bond donors (Lipinski definition) is 1. The molecule has 1 fully saturated rings. The summed E-state index contributed by atoms with van der Waals surface area (Å²) >= 11 is 0. The summed E-state index contributed by atoms with van der Waals surface area (Å²) in [5.74, 6) is 0.719. The first-order valence-electron chi connectivity index (χ1n) is 7.00. The Kier molecular flexibility index (Phi) is 7.47. The molecule has 118 valence electrons. The number of piperidine rings is 1. The van der Waals surface area contributed by atoms with E-state index < -0.39 is 0 Å². The molecule has 21 heavy (non-hydrogen) atoms. The van der Waals surface area contributed by atoms with Crippen molar-refractivity contribution in [3.63, 3.8) is 0 Å². The number of carbonyl (C=O) groups is 1. The number of benzene rings is 1. The highest BCUT2D eigenvalue weighted by molar-refractivity contribution is 5.85. The summed E-state index contributed by atoms with van der Waals surface area (Å²) in [7, 11) is 1.93. The molecule has 1 aliphatic heterocycles. The fourth-order valence-electron chi connectivity index (χ4n) is 2.51. The average molecular weight is 317 g/mol. The molecule has 2 rings (SSSR count). The molecule has 6 heteroatoms. The van der Waals surface area contributed by atoms with Gasteiger partial charge < -0.3 is 15.0 Å². The van der Waals surface area contributed by atoms with Gasteiger partial charge in [-0.15, -0.1) is 12.4 Å². The average Bonchev–Trinajstić information content (AvgIpc) is 2.47. The van der Waals surface area contributed by atoms with Crippen LogP contribution >= 0.6 is 12.4 Å². The fourth-order valence-corrected chi connectivity index (χ4v) is 2.51. The number of nitrogens with one attached hydrogen (secondary N) is 1. The summed E-state index contributed by atoms with van der Waals surface area (Å²) in [6, 6.07) is 5.71. The summed E-state index contributed by atoms with van der Waals surface area (Å²) in [5.41, 5.74) is 0. The summed E-state index contributed by atoms with van der Waals surface area (Å²) in [4.78, 5) is 14.0. The normalized spacial score (nSPS) is 18.0. The summed E-state index contributed by atoms with van der Waals surface area (Å²) in [6.07, 6.45) is 2.19. The lowest BCUT2D eigenvalue weighted by Crippen LogP contribution is -2.44. The van der Waals surface area contributed by atoms with Crippen LogP contribution in [0.1, 0.15) is 12.8 Å². The smallest absolute Gasteiger partial charge is 0.260 e. The van der Waals surface area contributed by atoms with E-state index in [1.165, 1.54) is 24.3 Å². The largest absolute Gasteiger partial charge is 0.484 e. The van der Waals surface area contributed by atoms with Gasteiger partial charge in [0.05, 0.1) is 0 Å². The van der Waals surface area contributed by atoms with Crippen LogP contribution in [0.15, 0.2) is 24.3 Å². The molecule has 1 aromatic rings. The van der Waals surface area contributed by atoms with Crippen molar-refractivity contribution in [3.05, 3.63) is 30.1 Å². The molecule has 0 bridgehead atoms.